The van der Waals surface area contributed by atoms with Gasteiger partial charge in [-0.05, 0) is 30.2 Å². The molecule has 2 aromatic rings. The Kier molecular flexibility index (Phi) is 5.13. The van der Waals surface area contributed by atoms with Crippen LogP contribution in [0.5, 0.6) is 11.5 Å². The highest BCUT2D eigenvalue weighted by atomic mass is 19.1. The number of aliphatic carboxylic acids is 1. The Balaban J connectivity index is 2.51. The maximum atomic E-state index is 14.6. The van der Waals surface area contributed by atoms with Crippen molar-refractivity contribution in [2.75, 3.05) is 0 Å². The molecule has 0 spiro atoms. The number of carbonyl (C=O) groups is 1. The highest BCUT2D eigenvalue weighted by Crippen LogP contribution is 2.32. The van der Waals surface area contributed by atoms with Gasteiger partial charge in [0.25, 0.3) is 0 Å². The summed E-state index contributed by atoms with van der Waals surface area (Å²) in [5, 5.41) is 26.8. The largest absolute Gasteiger partial charge is 0.481 e. The van der Waals surface area contributed by atoms with Gasteiger partial charge in [0.05, 0.1) is 29.7 Å². The molecular weight excluding hydrogens is 311 g/mol. The fourth-order valence-corrected chi connectivity index (χ4v) is 2.23. The molecule has 0 amide bonds. The molecule has 0 aliphatic carbocycles. The van der Waals surface area contributed by atoms with E-state index in [4.69, 9.17) is 20.4 Å². The molecule has 0 aliphatic heterocycles. The smallest absolute Gasteiger partial charge is 0.307 e. The number of hydrogen-bond acceptors (Lipinski definition) is 4. The topological polar surface area (TPSA) is 94.1 Å². The molecule has 1 N–H and O–H groups in total. The van der Waals surface area contributed by atoms with E-state index >= 15 is 0 Å². The van der Waals surface area contributed by atoms with E-state index in [1.165, 1.54) is 24.3 Å². The Morgan fingerprint density at radius 3 is 2.25 bits per heavy atom. The van der Waals surface area contributed by atoms with Crippen molar-refractivity contribution in [1.29, 1.82) is 10.5 Å². The summed E-state index contributed by atoms with van der Waals surface area (Å²) in [5.41, 5.74) is 0.988. The first kappa shape index (κ1) is 17.0. The van der Waals surface area contributed by atoms with E-state index in [-0.39, 0.29) is 28.2 Å². The van der Waals surface area contributed by atoms with Crippen molar-refractivity contribution in [2.24, 2.45) is 0 Å². The summed E-state index contributed by atoms with van der Waals surface area (Å²) in [6.45, 7) is 1.81. The number of carboxylic acid groups (broad SMARTS) is 1. The summed E-state index contributed by atoms with van der Waals surface area (Å²) in [7, 11) is 0. The third-order valence-electron chi connectivity index (χ3n) is 3.37. The Hall–Kier alpha value is -3.38. The first-order valence-electron chi connectivity index (χ1n) is 7.13. The quantitative estimate of drug-likeness (QED) is 0.907. The second kappa shape index (κ2) is 7.26. The molecule has 0 aliphatic rings. The number of nitriles is 2. The lowest BCUT2D eigenvalue weighted by Crippen LogP contribution is -2.05. The van der Waals surface area contributed by atoms with Crippen molar-refractivity contribution in [3.05, 3.63) is 58.4 Å². The number of carboxylic acids is 1. The van der Waals surface area contributed by atoms with Crippen molar-refractivity contribution >= 4 is 5.97 Å². The summed E-state index contributed by atoms with van der Waals surface area (Å²) >= 11 is 0. The van der Waals surface area contributed by atoms with E-state index in [2.05, 4.69) is 0 Å². The normalized spacial score (nSPS) is 9.83. The molecule has 6 heteroatoms. The Bertz CT molecular complexity index is 847. The van der Waals surface area contributed by atoms with Crippen LogP contribution in [0.15, 0.2) is 30.3 Å². The lowest BCUT2D eigenvalue weighted by atomic mass is 10.0. The minimum absolute atomic E-state index is 0.00615. The zero-order valence-electron chi connectivity index (χ0n) is 12.8. The van der Waals surface area contributed by atoms with Gasteiger partial charge in [0.1, 0.15) is 5.75 Å². The third-order valence-corrected chi connectivity index (χ3v) is 3.37. The molecule has 0 heterocycles. The molecule has 2 rings (SSSR count). The molecule has 24 heavy (non-hydrogen) atoms. The predicted molar refractivity (Wildman–Crippen MR) is 83.1 cm³/mol. The number of rotatable bonds is 5. The molecule has 0 atom stereocenters. The van der Waals surface area contributed by atoms with Crippen LogP contribution < -0.4 is 4.74 Å². The molecule has 5 nitrogen and oxygen atoms in total. The summed E-state index contributed by atoms with van der Waals surface area (Å²) in [6.07, 6.45) is 0.0104. The first-order valence-corrected chi connectivity index (χ1v) is 7.13. The van der Waals surface area contributed by atoms with Crippen LogP contribution in [0.25, 0.3) is 0 Å². The summed E-state index contributed by atoms with van der Waals surface area (Å²) in [6, 6.07) is 11.0. The van der Waals surface area contributed by atoms with Crippen molar-refractivity contribution in [3.63, 3.8) is 0 Å². The fraction of sp³-hybridized carbons (Fsp3) is 0.167. The lowest BCUT2D eigenvalue weighted by molar-refractivity contribution is -0.136. The van der Waals surface area contributed by atoms with E-state index in [0.29, 0.717) is 12.0 Å². The van der Waals surface area contributed by atoms with Crippen molar-refractivity contribution in [1.82, 2.24) is 0 Å². The summed E-state index contributed by atoms with van der Waals surface area (Å²) < 4.78 is 20.2. The maximum Gasteiger partial charge on any atom is 0.307 e. The molecule has 0 aromatic heterocycles. The standard InChI is InChI=1S/C18H13FN2O3/c1-2-13-3-4-14(8-16(22)23)17(19)18(13)24-15-6-11(9-20)5-12(7-15)10-21/h3-7H,2,8H2,1H3,(H,22,23). The summed E-state index contributed by atoms with van der Waals surface area (Å²) in [5.74, 6) is -1.85. The highest BCUT2D eigenvalue weighted by molar-refractivity contribution is 5.70. The van der Waals surface area contributed by atoms with Gasteiger partial charge in [0.15, 0.2) is 11.6 Å². The van der Waals surface area contributed by atoms with E-state index in [0.717, 1.165) is 0 Å². The van der Waals surface area contributed by atoms with Gasteiger partial charge < -0.3 is 9.84 Å². The number of ether oxygens (including phenoxy) is 1. The van der Waals surface area contributed by atoms with Gasteiger partial charge in [0, 0.05) is 5.56 Å². The van der Waals surface area contributed by atoms with E-state index in [1.54, 1.807) is 6.07 Å². The molecule has 2 aromatic carbocycles. The van der Waals surface area contributed by atoms with Crippen molar-refractivity contribution in [2.45, 2.75) is 19.8 Å². The molecule has 120 valence electrons. The molecule has 0 saturated heterocycles. The van der Waals surface area contributed by atoms with Crippen LogP contribution in [0.3, 0.4) is 0 Å². The van der Waals surface area contributed by atoms with E-state index < -0.39 is 18.2 Å². The average molecular weight is 324 g/mol. The molecule has 0 bridgehead atoms. The summed E-state index contributed by atoms with van der Waals surface area (Å²) in [4.78, 5) is 10.8. The van der Waals surface area contributed by atoms with Gasteiger partial charge in [-0.15, -0.1) is 0 Å². The second-order valence-electron chi connectivity index (χ2n) is 5.02. The molecule has 0 saturated carbocycles. The number of nitrogens with zero attached hydrogens (tertiary/aromatic N) is 2. The van der Waals surface area contributed by atoms with Crippen LogP contribution in [0.2, 0.25) is 0 Å². The predicted octanol–water partition coefficient (Wildman–Crippen LogP) is 3.55. The maximum absolute atomic E-state index is 14.6. The molecule has 0 unspecified atom stereocenters. The number of benzene rings is 2. The molecular formula is C18H13FN2O3. The Morgan fingerprint density at radius 1 is 1.17 bits per heavy atom. The van der Waals surface area contributed by atoms with Gasteiger partial charge in [-0.1, -0.05) is 19.1 Å². The zero-order valence-corrected chi connectivity index (χ0v) is 12.8. The fourth-order valence-electron chi connectivity index (χ4n) is 2.23. The van der Waals surface area contributed by atoms with Crippen LogP contribution in [0.1, 0.15) is 29.2 Å². The van der Waals surface area contributed by atoms with Crippen LogP contribution in [0.4, 0.5) is 4.39 Å². The van der Waals surface area contributed by atoms with Gasteiger partial charge in [-0.25, -0.2) is 4.39 Å². The van der Waals surface area contributed by atoms with Crippen molar-refractivity contribution < 1.29 is 19.0 Å². The minimum Gasteiger partial charge on any atom is -0.481 e. The average Bonchev–Trinajstić information content (AvgIpc) is 2.57. The van der Waals surface area contributed by atoms with Crippen LogP contribution in [-0.4, -0.2) is 11.1 Å². The van der Waals surface area contributed by atoms with Gasteiger partial charge >= 0.3 is 5.97 Å². The van der Waals surface area contributed by atoms with Gasteiger partial charge in [-0.3, -0.25) is 4.79 Å². The van der Waals surface area contributed by atoms with Crippen LogP contribution in [-0.2, 0) is 17.6 Å². The molecule has 0 radical (unpaired) electrons. The highest BCUT2D eigenvalue weighted by Gasteiger charge is 2.17. The Labute approximate surface area is 138 Å². The monoisotopic (exact) mass is 324 g/mol. The third kappa shape index (κ3) is 3.68. The number of hydrogen-bond donors (Lipinski definition) is 1. The SMILES string of the molecule is CCc1ccc(CC(=O)O)c(F)c1Oc1cc(C#N)cc(C#N)c1. The zero-order chi connectivity index (χ0) is 17.7. The van der Waals surface area contributed by atoms with E-state index in [9.17, 15) is 9.18 Å². The number of halogens is 1. The van der Waals surface area contributed by atoms with Crippen LogP contribution >= 0.6 is 0 Å². The Morgan fingerprint density at radius 2 is 1.75 bits per heavy atom. The number of aryl methyl sites for hydroxylation is 1. The van der Waals surface area contributed by atoms with Gasteiger partial charge in [-0.2, -0.15) is 10.5 Å². The van der Waals surface area contributed by atoms with Crippen molar-refractivity contribution in [3.8, 4) is 23.6 Å². The first-order chi connectivity index (χ1) is 11.5. The van der Waals surface area contributed by atoms with Crippen LogP contribution in [0, 0.1) is 28.5 Å². The molecule has 0 fully saturated rings. The lowest BCUT2D eigenvalue weighted by Gasteiger charge is -2.14. The minimum atomic E-state index is -1.15. The van der Waals surface area contributed by atoms with E-state index in [1.807, 2.05) is 19.1 Å². The van der Waals surface area contributed by atoms with Gasteiger partial charge in [0.2, 0.25) is 0 Å². The second-order valence-corrected chi connectivity index (χ2v) is 5.02.